The molecule has 2 aromatic rings. The monoisotopic (exact) mass is 318 g/mol. The number of aromatic nitrogens is 2. The fourth-order valence-corrected chi connectivity index (χ4v) is 2.21. The summed E-state index contributed by atoms with van der Waals surface area (Å²) in [4.78, 5) is 21.8. The lowest BCUT2D eigenvalue weighted by atomic mass is 10.1. The minimum Gasteiger partial charge on any atom is -0.496 e. The van der Waals surface area contributed by atoms with Crippen LogP contribution >= 0.6 is 0 Å². The molecule has 1 atom stereocenters. The van der Waals surface area contributed by atoms with Gasteiger partial charge in [-0.15, -0.1) is 0 Å². The summed E-state index contributed by atoms with van der Waals surface area (Å²) >= 11 is 0. The smallest absolute Gasteiger partial charge is 0.317 e. The van der Waals surface area contributed by atoms with Crippen LogP contribution in [0, 0.1) is 5.82 Å². The summed E-state index contributed by atoms with van der Waals surface area (Å²) < 4.78 is 19.2. The van der Waals surface area contributed by atoms with Crippen LogP contribution in [-0.4, -0.2) is 35.1 Å². The van der Waals surface area contributed by atoms with E-state index >= 15 is 0 Å². The molecule has 2 rings (SSSR count). The minimum atomic E-state index is -0.539. The highest BCUT2D eigenvalue weighted by atomic mass is 19.1. The van der Waals surface area contributed by atoms with E-state index in [2.05, 4.69) is 15.3 Å². The number of carbonyl (C=O) groups is 1. The summed E-state index contributed by atoms with van der Waals surface area (Å²) in [6.07, 6.45) is 4.72. The average Bonchev–Trinajstić information content (AvgIpc) is 2.55. The number of benzene rings is 1. The van der Waals surface area contributed by atoms with Crippen LogP contribution in [0.25, 0.3) is 0 Å². The molecule has 1 aromatic heterocycles. The van der Waals surface area contributed by atoms with Gasteiger partial charge in [-0.1, -0.05) is 6.07 Å². The van der Waals surface area contributed by atoms with E-state index in [1.54, 1.807) is 44.7 Å². The number of halogens is 1. The maximum atomic E-state index is 14.0. The number of rotatable bonds is 5. The molecule has 0 spiro atoms. The number of methoxy groups -OCH3 is 1. The van der Waals surface area contributed by atoms with Crippen molar-refractivity contribution in [1.82, 2.24) is 20.2 Å². The molecule has 2 amide bonds. The van der Waals surface area contributed by atoms with Crippen LogP contribution in [0.2, 0.25) is 0 Å². The third-order valence-electron chi connectivity index (χ3n) is 3.37. The molecule has 7 heteroatoms. The van der Waals surface area contributed by atoms with E-state index in [9.17, 15) is 9.18 Å². The second-order valence-electron chi connectivity index (χ2n) is 5.08. The Labute approximate surface area is 134 Å². The maximum Gasteiger partial charge on any atom is 0.317 e. The first-order valence-electron chi connectivity index (χ1n) is 7.12. The van der Waals surface area contributed by atoms with Crippen LogP contribution in [0.1, 0.15) is 24.2 Å². The first-order valence-corrected chi connectivity index (χ1v) is 7.12. The van der Waals surface area contributed by atoms with Crippen molar-refractivity contribution in [3.8, 4) is 5.75 Å². The molecule has 1 N–H and O–H groups in total. The van der Waals surface area contributed by atoms with E-state index < -0.39 is 11.9 Å². The average molecular weight is 318 g/mol. The van der Waals surface area contributed by atoms with Crippen molar-refractivity contribution >= 4 is 6.03 Å². The predicted octanol–water partition coefficient (Wildman–Crippen LogP) is 2.53. The van der Waals surface area contributed by atoms with Gasteiger partial charge in [0.05, 0.1) is 37.2 Å². The van der Waals surface area contributed by atoms with Crippen LogP contribution in [0.5, 0.6) is 5.75 Å². The van der Waals surface area contributed by atoms with Gasteiger partial charge in [-0.3, -0.25) is 9.97 Å². The van der Waals surface area contributed by atoms with Crippen molar-refractivity contribution < 1.29 is 13.9 Å². The summed E-state index contributed by atoms with van der Waals surface area (Å²) in [5.41, 5.74) is 0.984. The molecular formula is C16H19FN4O2. The van der Waals surface area contributed by atoms with Crippen molar-refractivity contribution in [3.63, 3.8) is 0 Å². The van der Waals surface area contributed by atoms with Crippen molar-refractivity contribution in [2.45, 2.75) is 19.5 Å². The van der Waals surface area contributed by atoms with Gasteiger partial charge < -0.3 is 15.0 Å². The molecule has 0 saturated heterocycles. The summed E-state index contributed by atoms with van der Waals surface area (Å²) in [6, 6.07) is 3.68. The molecule has 0 aliphatic heterocycles. The van der Waals surface area contributed by atoms with Gasteiger partial charge in [0, 0.05) is 19.4 Å². The third-order valence-corrected chi connectivity index (χ3v) is 3.37. The molecule has 0 radical (unpaired) electrons. The Morgan fingerprint density at radius 1 is 1.43 bits per heavy atom. The zero-order chi connectivity index (χ0) is 16.8. The van der Waals surface area contributed by atoms with Crippen LogP contribution in [0.3, 0.4) is 0 Å². The maximum absolute atomic E-state index is 14.0. The van der Waals surface area contributed by atoms with E-state index in [-0.39, 0.29) is 6.03 Å². The van der Waals surface area contributed by atoms with Gasteiger partial charge in [-0.05, 0) is 19.1 Å². The predicted molar refractivity (Wildman–Crippen MR) is 83.4 cm³/mol. The lowest BCUT2D eigenvalue weighted by Crippen LogP contribution is -2.38. The summed E-state index contributed by atoms with van der Waals surface area (Å²) in [7, 11) is 3.10. The second-order valence-corrected chi connectivity index (χ2v) is 5.08. The lowest BCUT2D eigenvalue weighted by molar-refractivity contribution is 0.202. The number of carbonyl (C=O) groups excluding carboxylic acids is 1. The van der Waals surface area contributed by atoms with Gasteiger partial charge in [-0.25, -0.2) is 9.18 Å². The topological polar surface area (TPSA) is 67.3 Å². The lowest BCUT2D eigenvalue weighted by Gasteiger charge is -2.22. The molecule has 23 heavy (non-hydrogen) atoms. The number of ether oxygens (including phenoxy) is 1. The number of hydrogen-bond donors (Lipinski definition) is 1. The highest BCUT2D eigenvalue weighted by Crippen LogP contribution is 2.27. The molecule has 0 saturated carbocycles. The van der Waals surface area contributed by atoms with Gasteiger partial charge in [0.25, 0.3) is 0 Å². The number of nitrogens with zero attached hydrogens (tertiary/aromatic N) is 3. The Morgan fingerprint density at radius 3 is 2.87 bits per heavy atom. The number of hydrogen-bond acceptors (Lipinski definition) is 4. The Balaban J connectivity index is 2.05. The first-order chi connectivity index (χ1) is 11.0. The zero-order valence-corrected chi connectivity index (χ0v) is 13.3. The molecule has 122 valence electrons. The van der Waals surface area contributed by atoms with Crippen molar-refractivity contribution in [2.24, 2.45) is 0 Å². The molecule has 0 bridgehead atoms. The van der Waals surface area contributed by atoms with Gasteiger partial charge in [0.1, 0.15) is 11.6 Å². The van der Waals surface area contributed by atoms with Gasteiger partial charge in [0.2, 0.25) is 0 Å². The fraction of sp³-hybridized carbons (Fsp3) is 0.312. The molecule has 0 aliphatic rings. The molecular weight excluding hydrogens is 299 g/mol. The summed E-state index contributed by atoms with van der Waals surface area (Å²) in [6.45, 7) is 2.01. The zero-order valence-electron chi connectivity index (χ0n) is 13.3. The van der Waals surface area contributed by atoms with Gasteiger partial charge in [-0.2, -0.15) is 0 Å². The van der Waals surface area contributed by atoms with Crippen molar-refractivity contribution in [3.05, 3.63) is 53.9 Å². The van der Waals surface area contributed by atoms with E-state index in [4.69, 9.17) is 4.74 Å². The van der Waals surface area contributed by atoms with E-state index in [0.717, 1.165) is 0 Å². The van der Waals surface area contributed by atoms with Crippen LogP contribution < -0.4 is 10.1 Å². The number of nitrogens with one attached hydrogen (secondary N) is 1. The highest BCUT2D eigenvalue weighted by molar-refractivity contribution is 5.74. The molecule has 0 unspecified atom stereocenters. The summed E-state index contributed by atoms with van der Waals surface area (Å²) in [5.74, 6) is -0.0249. The van der Waals surface area contributed by atoms with E-state index in [1.165, 1.54) is 18.1 Å². The van der Waals surface area contributed by atoms with Gasteiger partial charge in [0.15, 0.2) is 0 Å². The Kier molecular flexibility index (Phi) is 5.46. The van der Waals surface area contributed by atoms with E-state index in [0.29, 0.717) is 23.6 Å². The minimum absolute atomic E-state index is 0.306. The number of urea groups is 1. The standard InChI is InChI=1S/C16H19FN4O2/c1-11(15-13(17)5-4-6-14(15)23-3)20-16(22)21(2)10-12-9-18-7-8-19-12/h4-9,11H,10H2,1-3H3,(H,20,22)/t11-/m0/s1. The van der Waals surface area contributed by atoms with Crippen LogP contribution in [-0.2, 0) is 6.54 Å². The first kappa shape index (κ1) is 16.7. The van der Waals surface area contributed by atoms with Gasteiger partial charge >= 0.3 is 6.03 Å². The number of amides is 2. The fourth-order valence-electron chi connectivity index (χ4n) is 2.21. The summed E-state index contributed by atoms with van der Waals surface area (Å²) in [5, 5.41) is 2.75. The molecule has 6 nitrogen and oxygen atoms in total. The molecule has 1 heterocycles. The SMILES string of the molecule is COc1cccc(F)c1[C@H](C)NC(=O)N(C)Cc1cnccn1. The Hall–Kier alpha value is -2.70. The van der Waals surface area contributed by atoms with Crippen LogP contribution in [0.15, 0.2) is 36.8 Å². The molecule has 0 fully saturated rings. The van der Waals surface area contributed by atoms with E-state index in [1.807, 2.05) is 0 Å². The second kappa shape index (κ2) is 7.53. The largest absolute Gasteiger partial charge is 0.496 e. The Morgan fingerprint density at radius 2 is 2.22 bits per heavy atom. The van der Waals surface area contributed by atoms with Crippen molar-refractivity contribution in [2.75, 3.05) is 14.2 Å². The molecule has 0 aliphatic carbocycles. The normalized spacial score (nSPS) is 11.7. The van der Waals surface area contributed by atoms with Crippen molar-refractivity contribution in [1.29, 1.82) is 0 Å². The molecule has 1 aromatic carbocycles. The quantitative estimate of drug-likeness (QED) is 0.920. The third kappa shape index (κ3) is 4.15. The Bertz CT molecular complexity index is 666. The van der Waals surface area contributed by atoms with Crippen LogP contribution in [0.4, 0.5) is 9.18 Å². The highest BCUT2D eigenvalue weighted by Gasteiger charge is 2.20.